The number of hydrogen-bond acceptors (Lipinski definition) is 4. The summed E-state index contributed by atoms with van der Waals surface area (Å²) in [5.74, 6) is 0. The molecule has 0 aromatic heterocycles. The van der Waals surface area contributed by atoms with Crippen LogP contribution in [0.5, 0.6) is 0 Å². The number of nitrogens with zero attached hydrogens (tertiary/aromatic N) is 4. The van der Waals surface area contributed by atoms with E-state index in [9.17, 15) is 0 Å². The van der Waals surface area contributed by atoms with E-state index in [4.69, 9.17) is 17.5 Å². The van der Waals surface area contributed by atoms with Gasteiger partial charge in [-0.05, 0) is 0 Å². The summed E-state index contributed by atoms with van der Waals surface area (Å²) in [5.41, 5.74) is 0. The van der Waals surface area contributed by atoms with Gasteiger partial charge in [0.2, 0.25) is 0 Å². The van der Waals surface area contributed by atoms with Gasteiger partial charge in [-0.2, -0.15) is 0 Å². The van der Waals surface area contributed by atoms with Crippen LogP contribution in [0.2, 0.25) is 0 Å². The molecule has 0 rings (SSSR count). The van der Waals surface area contributed by atoms with Crippen molar-refractivity contribution in [1.29, 1.82) is 0 Å². The quantitative estimate of drug-likeness (QED) is 0.233. The fraction of sp³-hybridized carbons (Fsp3) is 0. The maximum Gasteiger partial charge on any atom is 2.00 e. The Bertz CT molecular complexity index is 100. The molecule has 0 N–H and O–H groups in total. The van der Waals surface area contributed by atoms with Crippen LogP contribution in [-0.4, -0.2) is 17.5 Å². The van der Waals surface area contributed by atoms with Gasteiger partial charge >= 0.3 is 19.5 Å². The second-order valence-corrected chi connectivity index (χ2v) is 1.22. The molecule has 0 aliphatic rings. The standard InChI is InChI=1S/4N.H2O4S.Zn/c;;;;1-5(2,3)4;/h;;;;(H2,1,2,3,4);/q;;;;;+2/p-2. The largest absolute Gasteiger partial charge is 2.00 e. The van der Waals surface area contributed by atoms with Crippen LogP contribution in [0, 0.1) is 0 Å². The minimum atomic E-state index is -5.17. The van der Waals surface area contributed by atoms with E-state index in [0.29, 0.717) is 0 Å². The SMILES string of the molecule is O=S(=O)([O-])[O-].[N].[N].[N].[N].[Zn+2]. The Morgan fingerprint density at radius 2 is 0.800 bits per heavy atom. The summed E-state index contributed by atoms with van der Waals surface area (Å²) >= 11 is 0. The van der Waals surface area contributed by atoms with E-state index in [1.54, 1.807) is 0 Å². The van der Waals surface area contributed by atoms with Gasteiger partial charge < -0.3 is 9.11 Å². The smallest absolute Gasteiger partial charge is 0.759 e. The summed E-state index contributed by atoms with van der Waals surface area (Å²) in [6.07, 6.45) is 0. The average Bonchev–Trinajstić information content (AvgIpc) is 0.722. The Morgan fingerprint density at radius 1 is 0.800 bits per heavy atom. The summed E-state index contributed by atoms with van der Waals surface area (Å²) in [6, 6.07) is 0. The third-order valence-electron chi connectivity index (χ3n) is 0. The Labute approximate surface area is 72.4 Å². The van der Waals surface area contributed by atoms with Gasteiger partial charge in [-0.3, -0.25) is 8.42 Å². The third-order valence-corrected chi connectivity index (χ3v) is 0. The molecule has 0 aromatic carbocycles. The molecular formula is N4O4SZn. The van der Waals surface area contributed by atoms with E-state index < -0.39 is 10.4 Å². The van der Waals surface area contributed by atoms with Crippen LogP contribution in [-0.2, 0) is 29.9 Å². The van der Waals surface area contributed by atoms with E-state index in [1.807, 2.05) is 0 Å². The van der Waals surface area contributed by atoms with E-state index in [1.165, 1.54) is 0 Å². The summed E-state index contributed by atoms with van der Waals surface area (Å²) in [5, 5.41) is 0. The maximum absolute atomic E-state index is 8.52. The fourth-order valence-corrected chi connectivity index (χ4v) is 0. The summed E-state index contributed by atoms with van der Waals surface area (Å²) in [7, 11) is -5.17. The molecule has 0 aliphatic heterocycles. The molecule has 0 spiro atoms. The first-order valence-corrected chi connectivity index (χ1v) is 2.00. The molecule has 0 saturated heterocycles. The van der Waals surface area contributed by atoms with Crippen LogP contribution in [0.15, 0.2) is 0 Å². The van der Waals surface area contributed by atoms with Crippen LogP contribution in [0.3, 0.4) is 0 Å². The molecule has 0 fully saturated rings. The molecule has 0 atom stereocenters. The zero-order chi connectivity index (χ0) is 4.50. The van der Waals surface area contributed by atoms with E-state index in [0.717, 1.165) is 0 Å². The first-order valence-electron chi connectivity index (χ1n) is 0.667. The van der Waals surface area contributed by atoms with Crippen LogP contribution < -0.4 is 24.6 Å². The van der Waals surface area contributed by atoms with Crippen molar-refractivity contribution in [2.45, 2.75) is 0 Å². The average molecular weight is 217 g/mol. The Hall–Kier alpha value is 0.333. The molecule has 0 bridgehead atoms. The van der Waals surface area contributed by atoms with Crippen molar-refractivity contribution in [2.24, 2.45) is 0 Å². The molecule has 0 saturated carbocycles. The molecule has 8 nitrogen and oxygen atoms in total. The topological polar surface area (TPSA) is 202 Å². The second-order valence-electron chi connectivity index (χ2n) is 0.408. The second kappa shape index (κ2) is 16.2. The van der Waals surface area contributed by atoms with Gasteiger partial charge in [0.1, 0.15) is 0 Å². The molecule has 0 aliphatic carbocycles. The predicted octanol–water partition coefficient (Wildman–Crippen LogP) is -3.26. The Kier molecular flexibility index (Phi) is 77.5. The molecule has 0 unspecified atom stereocenters. The van der Waals surface area contributed by atoms with Crippen molar-refractivity contribution in [3.8, 4) is 0 Å². The molecular weight excluding hydrogens is 217 g/mol. The minimum Gasteiger partial charge on any atom is -0.759 e. The van der Waals surface area contributed by atoms with E-state index in [-0.39, 0.29) is 44.1 Å². The van der Waals surface area contributed by atoms with Gasteiger partial charge in [0.05, 0.1) is 0 Å². The van der Waals surface area contributed by atoms with Crippen molar-refractivity contribution in [3.05, 3.63) is 0 Å². The van der Waals surface area contributed by atoms with Crippen molar-refractivity contribution >= 4 is 10.4 Å². The van der Waals surface area contributed by atoms with Crippen LogP contribution >= 0.6 is 0 Å². The van der Waals surface area contributed by atoms with Gasteiger partial charge in [-0.1, -0.05) is 0 Å². The predicted molar refractivity (Wildman–Crippen MR) is 19.0 cm³/mol. The zero-order valence-electron chi connectivity index (χ0n) is 4.54. The molecule has 10 heteroatoms. The van der Waals surface area contributed by atoms with Crippen LogP contribution in [0.1, 0.15) is 0 Å². The van der Waals surface area contributed by atoms with E-state index >= 15 is 0 Å². The van der Waals surface area contributed by atoms with Gasteiger partial charge in [-0.15, -0.1) is 0 Å². The van der Waals surface area contributed by atoms with Crippen molar-refractivity contribution in [1.82, 2.24) is 24.6 Å². The van der Waals surface area contributed by atoms with Gasteiger partial charge in [0, 0.05) is 35.0 Å². The Balaban J connectivity index is -0.00000000800. The monoisotopic (exact) mass is 216 g/mol. The normalized spacial score (nSPS) is 5.80. The Morgan fingerprint density at radius 3 is 0.800 bits per heavy atom. The van der Waals surface area contributed by atoms with Gasteiger partial charge in [-0.25, -0.2) is 0 Å². The first kappa shape index (κ1) is 47.9. The summed E-state index contributed by atoms with van der Waals surface area (Å²) in [6.45, 7) is 0. The molecule has 0 amide bonds. The minimum absolute atomic E-state index is 0. The van der Waals surface area contributed by atoms with Gasteiger partial charge in [0.15, 0.2) is 0 Å². The van der Waals surface area contributed by atoms with Crippen LogP contribution in [0.4, 0.5) is 0 Å². The molecule has 0 aromatic rings. The first-order chi connectivity index (χ1) is 2.00. The van der Waals surface area contributed by atoms with Gasteiger partial charge in [0.25, 0.3) is 0 Å². The number of hydrogen-bond donors (Lipinski definition) is 0. The fourth-order valence-electron chi connectivity index (χ4n) is 0. The van der Waals surface area contributed by atoms with Crippen molar-refractivity contribution in [3.63, 3.8) is 0 Å². The third kappa shape index (κ3) is 4030. The molecule has 0 heterocycles. The molecule has 12 radical (unpaired) electrons. The molecule has 10 heavy (non-hydrogen) atoms. The van der Waals surface area contributed by atoms with Crippen LogP contribution in [0.25, 0.3) is 0 Å². The van der Waals surface area contributed by atoms with Crippen molar-refractivity contribution in [2.75, 3.05) is 0 Å². The summed E-state index contributed by atoms with van der Waals surface area (Å²) in [4.78, 5) is 0. The maximum atomic E-state index is 8.52. The van der Waals surface area contributed by atoms with Crippen molar-refractivity contribution < 1.29 is 37.0 Å². The number of rotatable bonds is 0. The molecule has 52 valence electrons. The summed E-state index contributed by atoms with van der Waals surface area (Å²) < 4.78 is 34.1. The zero-order valence-corrected chi connectivity index (χ0v) is 8.32. The van der Waals surface area contributed by atoms with E-state index in [2.05, 4.69) is 0 Å².